The second-order valence-electron chi connectivity index (χ2n) is 4.49. The average Bonchev–Trinajstić information content (AvgIpc) is 2.42. The van der Waals surface area contributed by atoms with Crippen molar-refractivity contribution in [2.45, 2.75) is 66.5 Å². The van der Waals surface area contributed by atoms with Gasteiger partial charge in [0.2, 0.25) is 0 Å². The van der Waals surface area contributed by atoms with Crippen LogP contribution in [-0.2, 0) is 28.4 Å². The van der Waals surface area contributed by atoms with E-state index < -0.39 is 0 Å². The van der Waals surface area contributed by atoms with Crippen molar-refractivity contribution < 1.29 is 28.4 Å². The van der Waals surface area contributed by atoms with E-state index in [1.807, 2.05) is 41.5 Å². The van der Waals surface area contributed by atoms with Crippen LogP contribution >= 0.6 is 0 Å². The van der Waals surface area contributed by atoms with E-state index in [2.05, 4.69) is 0 Å². The van der Waals surface area contributed by atoms with E-state index in [0.717, 1.165) is 0 Å². The largest absolute Gasteiger partial charge is 0.353 e. The molecule has 0 rings (SSSR count). The van der Waals surface area contributed by atoms with Gasteiger partial charge in [-0.15, -0.1) is 0 Å². The summed E-state index contributed by atoms with van der Waals surface area (Å²) < 4.78 is 33.0. The van der Waals surface area contributed by atoms with Gasteiger partial charge < -0.3 is 28.4 Å². The van der Waals surface area contributed by atoms with Crippen molar-refractivity contribution in [2.75, 3.05) is 33.0 Å². The third kappa shape index (κ3) is 12.0. The van der Waals surface area contributed by atoms with Gasteiger partial charge in [0.1, 0.15) is 6.10 Å². The van der Waals surface area contributed by atoms with Gasteiger partial charge in [-0.25, -0.2) is 0 Å². The van der Waals surface area contributed by atoms with Gasteiger partial charge in [-0.05, 0) is 41.5 Å². The Balaban J connectivity index is 4.19. The molecule has 0 aliphatic heterocycles. The topological polar surface area (TPSA) is 55.4 Å². The van der Waals surface area contributed by atoms with Gasteiger partial charge in [-0.1, -0.05) is 0 Å². The average molecular weight is 308 g/mol. The third-order valence-electron chi connectivity index (χ3n) is 2.62. The number of rotatable bonds is 14. The van der Waals surface area contributed by atoms with Crippen molar-refractivity contribution in [2.24, 2.45) is 0 Å². The molecule has 0 saturated carbocycles. The Morgan fingerprint density at radius 3 is 1.33 bits per heavy atom. The Morgan fingerprint density at radius 1 is 0.571 bits per heavy atom. The van der Waals surface area contributed by atoms with Crippen molar-refractivity contribution in [3.63, 3.8) is 0 Å². The predicted octanol–water partition coefficient (Wildman–Crippen LogP) is 2.55. The van der Waals surface area contributed by atoms with E-state index in [1.165, 1.54) is 0 Å². The lowest BCUT2D eigenvalue weighted by Crippen LogP contribution is -2.34. The van der Waals surface area contributed by atoms with Gasteiger partial charge in [0.05, 0.1) is 13.2 Å². The van der Waals surface area contributed by atoms with Crippen LogP contribution < -0.4 is 0 Å². The predicted molar refractivity (Wildman–Crippen MR) is 80.0 cm³/mol. The first-order valence-electron chi connectivity index (χ1n) is 7.76. The molecule has 128 valence electrons. The van der Waals surface area contributed by atoms with E-state index in [9.17, 15) is 0 Å². The highest BCUT2D eigenvalue weighted by molar-refractivity contribution is 4.57. The maximum Gasteiger partial charge on any atom is 0.155 e. The van der Waals surface area contributed by atoms with Crippen LogP contribution in [0.5, 0.6) is 0 Å². The molecule has 21 heavy (non-hydrogen) atoms. The summed E-state index contributed by atoms with van der Waals surface area (Å²) in [5, 5.41) is 0. The molecule has 0 radical (unpaired) electrons. The Labute approximate surface area is 129 Å². The van der Waals surface area contributed by atoms with Gasteiger partial charge in [-0.3, -0.25) is 0 Å². The van der Waals surface area contributed by atoms with E-state index in [-0.39, 0.29) is 25.0 Å². The van der Waals surface area contributed by atoms with Crippen molar-refractivity contribution in [1.82, 2.24) is 0 Å². The first-order valence-corrected chi connectivity index (χ1v) is 7.76. The Hall–Kier alpha value is -0.240. The van der Waals surface area contributed by atoms with E-state index in [1.54, 1.807) is 0 Å². The van der Waals surface area contributed by atoms with Gasteiger partial charge in [-0.2, -0.15) is 0 Å². The minimum absolute atomic E-state index is 0.239. The van der Waals surface area contributed by atoms with E-state index in [4.69, 9.17) is 28.4 Å². The molecular formula is C15H32O6. The lowest BCUT2D eigenvalue weighted by Gasteiger charge is -2.25. The smallest absolute Gasteiger partial charge is 0.155 e. The SMILES string of the molecule is CCOC(C)OCC(COC(C)OCC)OC(C)OCC. The minimum atomic E-state index is -0.308. The normalized spacial score (nSPS) is 17.4. The van der Waals surface area contributed by atoms with Gasteiger partial charge >= 0.3 is 0 Å². The second-order valence-corrected chi connectivity index (χ2v) is 4.49. The van der Waals surface area contributed by atoms with Crippen LogP contribution in [0.15, 0.2) is 0 Å². The Morgan fingerprint density at radius 2 is 0.952 bits per heavy atom. The fourth-order valence-corrected chi connectivity index (χ4v) is 1.72. The van der Waals surface area contributed by atoms with E-state index in [0.29, 0.717) is 33.0 Å². The van der Waals surface area contributed by atoms with Gasteiger partial charge in [0.15, 0.2) is 18.9 Å². The molecule has 0 amide bonds. The van der Waals surface area contributed by atoms with Crippen LogP contribution in [0, 0.1) is 0 Å². The zero-order valence-electron chi connectivity index (χ0n) is 14.3. The second kappa shape index (κ2) is 13.4. The summed E-state index contributed by atoms with van der Waals surface area (Å²) in [5.74, 6) is 0. The number of hydrogen-bond acceptors (Lipinski definition) is 6. The van der Waals surface area contributed by atoms with Crippen LogP contribution in [0.4, 0.5) is 0 Å². The molecule has 6 nitrogen and oxygen atoms in total. The molecule has 0 aliphatic carbocycles. The summed E-state index contributed by atoms with van der Waals surface area (Å²) in [5.41, 5.74) is 0. The molecule has 0 aliphatic rings. The summed E-state index contributed by atoms with van der Waals surface area (Å²) in [4.78, 5) is 0. The van der Waals surface area contributed by atoms with Gasteiger partial charge in [0, 0.05) is 19.8 Å². The summed E-state index contributed by atoms with van der Waals surface area (Å²) >= 11 is 0. The lowest BCUT2D eigenvalue weighted by atomic mass is 10.4. The third-order valence-corrected chi connectivity index (χ3v) is 2.62. The highest BCUT2D eigenvalue weighted by Gasteiger charge is 2.17. The van der Waals surface area contributed by atoms with Crippen molar-refractivity contribution in [3.8, 4) is 0 Å². The molecule has 0 bridgehead atoms. The van der Waals surface area contributed by atoms with Crippen molar-refractivity contribution in [3.05, 3.63) is 0 Å². The Bertz CT molecular complexity index is 210. The zero-order valence-corrected chi connectivity index (χ0v) is 14.3. The molecule has 0 aromatic carbocycles. The van der Waals surface area contributed by atoms with Gasteiger partial charge in [0.25, 0.3) is 0 Å². The molecule has 0 fully saturated rings. The molecule has 0 N–H and O–H groups in total. The molecule has 3 atom stereocenters. The summed E-state index contributed by atoms with van der Waals surface area (Å²) in [6, 6.07) is 0. The molecule has 0 aromatic heterocycles. The lowest BCUT2D eigenvalue weighted by molar-refractivity contribution is -0.222. The highest BCUT2D eigenvalue weighted by atomic mass is 16.7. The van der Waals surface area contributed by atoms with Crippen LogP contribution in [0.25, 0.3) is 0 Å². The quantitative estimate of drug-likeness (QED) is 0.460. The van der Waals surface area contributed by atoms with Crippen molar-refractivity contribution >= 4 is 0 Å². The molecule has 0 aromatic rings. The summed E-state index contributed by atoms with van der Waals surface area (Å²) in [6.07, 6.45) is -1.09. The standard InChI is InChI=1S/C15H32O6/c1-7-16-12(4)19-10-15(21-14(6)18-9-3)11-20-13(5)17-8-2/h12-15H,7-11H2,1-6H3. The minimum Gasteiger partial charge on any atom is -0.353 e. The van der Waals surface area contributed by atoms with Crippen LogP contribution in [0.1, 0.15) is 41.5 Å². The first kappa shape index (κ1) is 20.8. The monoisotopic (exact) mass is 308 g/mol. The molecule has 6 heteroatoms. The van der Waals surface area contributed by atoms with Crippen LogP contribution in [0.3, 0.4) is 0 Å². The highest BCUT2D eigenvalue weighted by Crippen LogP contribution is 2.06. The number of hydrogen-bond donors (Lipinski definition) is 0. The maximum atomic E-state index is 5.76. The first-order chi connectivity index (χ1) is 10.0. The molecular weight excluding hydrogens is 276 g/mol. The fourth-order valence-electron chi connectivity index (χ4n) is 1.72. The van der Waals surface area contributed by atoms with Crippen molar-refractivity contribution in [1.29, 1.82) is 0 Å². The van der Waals surface area contributed by atoms with Crippen LogP contribution in [-0.4, -0.2) is 58.0 Å². The molecule has 0 spiro atoms. The fraction of sp³-hybridized carbons (Fsp3) is 1.00. The molecule has 0 heterocycles. The Kier molecular flexibility index (Phi) is 13.3. The number of ether oxygens (including phenoxy) is 6. The summed E-state index contributed by atoms with van der Waals surface area (Å²) in [7, 11) is 0. The molecule has 3 unspecified atom stereocenters. The summed E-state index contributed by atoms with van der Waals surface area (Å²) in [6.45, 7) is 13.9. The van der Waals surface area contributed by atoms with E-state index >= 15 is 0 Å². The van der Waals surface area contributed by atoms with Crippen LogP contribution in [0.2, 0.25) is 0 Å². The zero-order chi connectivity index (χ0) is 16.1. The molecule has 0 saturated heterocycles. The maximum absolute atomic E-state index is 5.76.